The fraction of sp³-hybridized carbons (Fsp3) is 0. The largest absolute Gasteiger partial charge is 1.00 e. The van der Waals surface area contributed by atoms with Crippen LogP contribution in [0.1, 0.15) is 0 Å². The summed E-state index contributed by atoms with van der Waals surface area (Å²) >= 11 is 0. The summed E-state index contributed by atoms with van der Waals surface area (Å²) in [7, 11) is 0. The molecule has 0 N–H and O–H groups in total. The van der Waals surface area contributed by atoms with E-state index in [-0.39, 0.29) is 56.1 Å². The minimum atomic E-state index is 0. The Morgan fingerprint density at radius 3 is 1.60 bits per heavy atom. The molecule has 0 unspecified atom stereocenters. The topological polar surface area (TPSA) is 39.4 Å². The van der Waals surface area contributed by atoms with Crippen molar-refractivity contribution in [3.05, 3.63) is 5.41 Å². The van der Waals surface area contributed by atoms with E-state index in [4.69, 9.17) is 10.2 Å². The van der Waals surface area contributed by atoms with Gasteiger partial charge in [0.05, 0.1) is 0 Å². The first-order chi connectivity index (χ1) is 1.41. The van der Waals surface area contributed by atoms with Gasteiger partial charge >= 0.3 is 51.4 Å². The predicted molar refractivity (Wildman–Crippen MR) is 9.05 cm³/mol. The van der Waals surface area contributed by atoms with Crippen LogP contribution in [-0.2, 0) is 4.79 Å². The van der Waals surface area contributed by atoms with Gasteiger partial charge < -0.3 is 10.1 Å². The molecule has 0 bridgehead atoms. The standard InChI is InChI=1S/CNO.FH.K/c2-1-3;;/h;1H;/q-1;;+1/p-1. The van der Waals surface area contributed by atoms with Gasteiger partial charge in [-0.1, -0.05) is 0 Å². The van der Waals surface area contributed by atoms with E-state index in [0.29, 0.717) is 6.08 Å². The number of rotatable bonds is 0. The Kier molecular flexibility index (Phi) is 68.2. The molecule has 2 nitrogen and oxygen atoms in total. The summed E-state index contributed by atoms with van der Waals surface area (Å²) in [4.78, 5) is 8.24. The number of hydrogen-bond acceptors (Lipinski definition) is 1. The summed E-state index contributed by atoms with van der Waals surface area (Å²) < 4.78 is 0. The number of isocyanates is 1. The molecule has 5 heavy (non-hydrogen) atoms. The van der Waals surface area contributed by atoms with E-state index in [1.165, 1.54) is 0 Å². The number of carbonyl (C=O) groups excluding carboxylic acids is 1. The van der Waals surface area contributed by atoms with Crippen LogP contribution >= 0.6 is 0 Å². The molecular weight excluding hydrogens is 100 g/mol. The van der Waals surface area contributed by atoms with Gasteiger partial charge in [0.25, 0.3) is 0 Å². The Balaban J connectivity index is -0.0000000200. The van der Waals surface area contributed by atoms with Gasteiger partial charge in [0.15, 0.2) is 0 Å². The molecule has 0 aromatic heterocycles. The minimum absolute atomic E-state index is 0. The molecule has 0 aromatic rings. The fourth-order valence-electron chi connectivity index (χ4n) is 0. The summed E-state index contributed by atoms with van der Waals surface area (Å²) in [6.45, 7) is 0. The zero-order chi connectivity index (χ0) is 2.71. The van der Waals surface area contributed by atoms with Crippen molar-refractivity contribution in [2.45, 2.75) is 0 Å². The van der Waals surface area contributed by atoms with E-state index in [1.807, 2.05) is 0 Å². The second-order valence-electron chi connectivity index (χ2n) is 0.0913. The molecule has 0 saturated heterocycles. The monoisotopic (exact) mass is 100.0 g/mol. The van der Waals surface area contributed by atoms with E-state index in [2.05, 4.69) is 0 Å². The number of nitrogens with zero attached hydrogens (tertiary/aromatic N) is 1. The van der Waals surface area contributed by atoms with E-state index in [1.54, 1.807) is 0 Å². The van der Waals surface area contributed by atoms with Crippen molar-refractivity contribution in [2.75, 3.05) is 0 Å². The second-order valence-corrected chi connectivity index (χ2v) is 0.0913. The molecule has 0 aliphatic carbocycles. The zero-order valence-electron chi connectivity index (χ0n) is 2.73. The molecule has 0 aliphatic heterocycles. The molecule has 0 atom stereocenters. The van der Waals surface area contributed by atoms with E-state index in [0.717, 1.165) is 0 Å². The van der Waals surface area contributed by atoms with Gasteiger partial charge in [0, 0.05) is 0 Å². The second kappa shape index (κ2) is 20.3. The maximum atomic E-state index is 8.24. The van der Waals surface area contributed by atoms with Gasteiger partial charge in [-0.2, -0.15) is 0 Å². The molecule has 0 aliphatic rings. The predicted octanol–water partition coefficient (Wildman–Crippen LogP) is -6.10. The van der Waals surface area contributed by atoms with Crippen molar-refractivity contribution in [1.82, 2.24) is 0 Å². The third kappa shape index (κ3) is 47.9. The van der Waals surface area contributed by atoms with Gasteiger partial charge in [-0.05, 0) is 6.08 Å². The molecular formula is CFKNO-. The van der Waals surface area contributed by atoms with Crippen LogP contribution in [-0.4, -0.2) is 6.08 Å². The smallest absolute Gasteiger partial charge is 1.00 e. The van der Waals surface area contributed by atoms with Gasteiger partial charge in [-0.15, -0.1) is 0 Å². The van der Waals surface area contributed by atoms with Crippen LogP contribution in [0, 0.1) is 0 Å². The van der Waals surface area contributed by atoms with Crippen molar-refractivity contribution in [1.29, 1.82) is 0 Å². The van der Waals surface area contributed by atoms with Crippen molar-refractivity contribution >= 4 is 6.08 Å². The van der Waals surface area contributed by atoms with Gasteiger partial charge in [0.1, 0.15) is 0 Å². The number of hydrogen-bond donors (Lipinski definition) is 0. The van der Waals surface area contributed by atoms with Crippen molar-refractivity contribution in [2.24, 2.45) is 0 Å². The Labute approximate surface area is 71.2 Å². The van der Waals surface area contributed by atoms with Gasteiger partial charge in [-0.3, -0.25) is 4.79 Å². The zero-order valence-corrected chi connectivity index (χ0v) is 5.86. The van der Waals surface area contributed by atoms with Crippen LogP contribution in [0.2, 0.25) is 0 Å². The number of halogens is 1. The summed E-state index contributed by atoms with van der Waals surface area (Å²) in [5.74, 6) is 0. The molecule has 0 saturated carbocycles. The van der Waals surface area contributed by atoms with Crippen LogP contribution in [0.4, 0.5) is 0 Å². The maximum absolute atomic E-state index is 8.24. The van der Waals surface area contributed by atoms with E-state index < -0.39 is 0 Å². The summed E-state index contributed by atoms with van der Waals surface area (Å²) in [6, 6.07) is 0. The third-order valence-corrected chi connectivity index (χ3v) is 0. The molecule has 0 radical (unpaired) electrons. The molecule has 24 valence electrons. The van der Waals surface area contributed by atoms with Crippen molar-refractivity contribution < 1.29 is 60.9 Å². The molecule has 0 rings (SSSR count). The minimum Gasteiger partial charge on any atom is -1.00 e. The first kappa shape index (κ1) is 16.8. The SMILES string of the molecule is [F-].[K+].[N-]=C=O. The summed E-state index contributed by atoms with van der Waals surface area (Å²) in [5, 5.41) is 6.76. The molecule has 0 spiro atoms. The van der Waals surface area contributed by atoms with Crippen molar-refractivity contribution in [3.63, 3.8) is 0 Å². The van der Waals surface area contributed by atoms with Crippen LogP contribution < -0.4 is 56.1 Å². The molecule has 0 heterocycles. The molecule has 0 amide bonds. The summed E-state index contributed by atoms with van der Waals surface area (Å²) in [6.07, 6.45) is 0.500. The molecule has 0 fully saturated rings. The van der Waals surface area contributed by atoms with E-state index >= 15 is 0 Å². The Bertz CT molecular complexity index is 32.6. The molecule has 0 aromatic carbocycles. The Hall–Kier alpha value is 0.946. The van der Waals surface area contributed by atoms with Gasteiger partial charge in [-0.25, -0.2) is 0 Å². The van der Waals surface area contributed by atoms with Crippen LogP contribution in [0.3, 0.4) is 0 Å². The Morgan fingerprint density at radius 1 is 1.60 bits per heavy atom. The van der Waals surface area contributed by atoms with E-state index in [9.17, 15) is 0 Å². The quantitative estimate of drug-likeness (QED) is 0.170. The maximum Gasteiger partial charge on any atom is 1.00 e. The third-order valence-electron chi connectivity index (χ3n) is 0. The Morgan fingerprint density at radius 2 is 1.60 bits per heavy atom. The first-order valence-corrected chi connectivity index (χ1v) is 0.428. The van der Waals surface area contributed by atoms with Crippen molar-refractivity contribution in [3.8, 4) is 0 Å². The van der Waals surface area contributed by atoms with Crippen LogP contribution in [0.5, 0.6) is 0 Å². The average molecular weight is 100 g/mol. The van der Waals surface area contributed by atoms with Gasteiger partial charge in [0.2, 0.25) is 0 Å². The molecule has 4 heteroatoms. The summed E-state index contributed by atoms with van der Waals surface area (Å²) in [5.41, 5.74) is 0. The van der Waals surface area contributed by atoms with Crippen LogP contribution in [0.15, 0.2) is 0 Å². The average Bonchev–Trinajstić information content (AvgIpc) is 0.918. The normalized spacial score (nSPS) is 1.60. The van der Waals surface area contributed by atoms with Crippen LogP contribution in [0.25, 0.3) is 5.41 Å². The fourth-order valence-corrected chi connectivity index (χ4v) is 0. The first-order valence-electron chi connectivity index (χ1n) is 0.428.